The van der Waals surface area contributed by atoms with E-state index < -0.39 is 0 Å². The van der Waals surface area contributed by atoms with Crippen LogP contribution >= 0.6 is 0 Å². The Morgan fingerprint density at radius 1 is 1.27 bits per heavy atom. The van der Waals surface area contributed by atoms with Crippen molar-refractivity contribution in [1.29, 1.82) is 0 Å². The lowest BCUT2D eigenvalue weighted by Gasteiger charge is -2.44. The van der Waals surface area contributed by atoms with E-state index in [2.05, 4.69) is 46.4 Å². The molecule has 0 unspecified atom stereocenters. The molecule has 0 aromatic heterocycles. The molecule has 0 radical (unpaired) electrons. The predicted octanol–water partition coefficient (Wildman–Crippen LogP) is 6.02. The molecular weight excluding hydrogens is 268 g/mol. The quantitative estimate of drug-likeness (QED) is 0.541. The van der Waals surface area contributed by atoms with Gasteiger partial charge in [-0.05, 0) is 75.2 Å². The van der Waals surface area contributed by atoms with Crippen molar-refractivity contribution >= 4 is 5.78 Å². The number of rotatable bonds is 1. The van der Waals surface area contributed by atoms with Crippen LogP contribution in [0.1, 0.15) is 73.1 Å². The Morgan fingerprint density at radius 2 is 1.95 bits per heavy atom. The van der Waals surface area contributed by atoms with E-state index in [4.69, 9.17) is 0 Å². The normalized spacial score (nSPS) is 41.7. The first-order valence-corrected chi connectivity index (χ1v) is 8.70. The summed E-state index contributed by atoms with van der Waals surface area (Å²) in [5, 5.41) is 0. The third kappa shape index (κ3) is 3.00. The number of ketones is 1. The summed E-state index contributed by atoms with van der Waals surface area (Å²) in [6.07, 6.45) is 10.7. The predicted molar refractivity (Wildman–Crippen MR) is 94.7 cm³/mol. The van der Waals surface area contributed by atoms with Crippen LogP contribution in [-0.2, 0) is 4.79 Å². The van der Waals surface area contributed by atoms with Gasteiger partial charge >= 0.3 is 0 Å². The highest BCUT2D eigenvalue weighted by Crippen LogP contribution is 2.62. The summed E-state index contributed by atoms with van der Waals surface area (Å²) >= 11 is 0. The van der Waals surface area contributed by atoms with Crippen LogP contribution in [0.25, 0.3) is 0 Å². The summed E-state index contributed by atoms with van der Waals surface area (Å²) in [5.74, 6) is 0.796. The standard InChI is InChI=1S/C21H32O/c1-15(2)18-11-13-20(5)12-10-16(3)8-7-9-17(4)19(22)14-21(18,20)6/h9-10,18H,1,7-8,11-14H2,2-6H3/b16-10+,17-9+/t18-,20-,21-/m0/s1. The number of allylic oxidation sites excluding steroid dienone is 5. The molecular formula is C21H32O. The van der Waals surface area contributed by atoms with Crippen LogP contribution in [0.15, 0.2) is 35.5 Å². The molecule has 1 nitrogen and oxygen atoms in total. The maximum absolute atomic E-state index is 12.8. The molecule has 0 heterocycles. The van der Waals surface area contributed by atoms with Gasteiger partial charge in [0.1, 0.15) is 0 Å². The van der Waals surface area contributed by atoms with E-state index in [9.17, 15) is 4.79 Å². The topological polar surface area (TPSA) is 17.1 Å². The van der Waals surface area contributed by atoms with Gasteiger partial charge in [0, 0.05) is 6.42 Å². The second-order valence-electron chi connectivity index (χ2n) is 8.20. The van der Waals surface area contributed by atoms with Gasteiger partial charge in [0.15, 0.2) is 5.78 Å². The molecule has 0 spiro atoms. The van der Waals surface area contributed by atoms with Crippen LogP contribution < -0.4 is 0 Å². The van der Waals surface area contributed by atoms with E-state index >= 15 is 0 Å². The molecule has 0 N–H and O–H groups in total. The van der Waals surface area contributed by atoms with Crippen molar-refractivity contribution in [3.05, 3.63) is 35.5 Å². The van der Waals surface area contributed by atoms with E-state index in [0.717, 1.165) is 24.8 Å². The Hall–Kier alpha value is -1.11. The number of carbonyl (C=O) groups is 1. The number of hydrogen-bond acceptors (Lipinski definition) is 1. The molecule has 0 aromatic carbocycles. The highest BCUT2D eigenvalue weighted by Gasteiger charge is 2.54. The van der Waals surface area contributed by atoms with Gasteiger partial charge in [0.2, 0.25) is 0 Å². The van der Waals surface area contributed by atoms with Crippen molar-refractivity contribution in [3.63, 3.8) is 0 Å². The molecule has 0 bridgehead atoms. The lowest BCUT2D eigenvalue weighted by atomic mass is 9.59. The Morgan fingerprint density at radius 3 is 2.59 bits per heavy atom. The molecule has 0 saturated heterocycles. The minimum absolute atomic E-state index is 0.0200. The first-order valence-electron chi connectivity index (χ1n) is 8.70. The summed E-state index contributed by atoms with van der Waals surface area (Å²) in [4.78, 5) is 12.8. The second-order valence-corrected chi connectivity index (χ2v) is 8.20. The van der Waals surface area contributed by atoms with E-state index in [1.54, 1.807) is 0 Å². The van der Waals surface area contributed by atoms with Crippen molar-refractivity contribution in [1.82, 2.24) is 0 Å². The average molecular weight is 300 g/mol. The maximum atomic E-state index is 12.8. The Labute approximate surface area is 136 Å². The van der Waals surface area contributed by atoms with Gasteiger partial charge in [-0.2, -0.15) is 0 Å². The van der Waals surface area contributed by atoms with Gasteiger partial charge in [0.05, 0.1) is 0 Å². The number of hydrogen-bond donors (Lipinski definition) is 0. The Balaban J connectivity index is 2.47. The van der Waals surface area contributed by atoms with Gasteiger partial charge in [0.25, 0.3) is 0 Å². The maximum Gasteiger partial charge on any atom is 0.158 e. The van der Waals surface area contributed by atoms with Crippen molar-refractivity contribution in [2.75, 3.05) is 0 Å². The number of carbonyl (C=O) groups excluding carboxylic acids is 1. The lowest BCUT2D eigenvalue weighted by molar-refractivity contribution is -0.119. The fourth-order valence-corrected chi connectivity index (χ4v) is 4.55. The highest BCUT2D eigenvalue weighted by molar-refractivity contribution is 5.95. The molecule has 1 saturated carbocycles. The molecule has 1 fully saturated rings. The lowest BCUT2D eigenvalue weighted by Crippen LogP contribution is -2.39. The molecule has 3 atom stereocenters. The van der Waals surface area contributed by atoms with Gasteiger partial charge in [-0.3, -0.25) is 4.79 Å². The monoisotopic (exact) mass is 300 g/mol. The highest BCUT2D eigenvalue weighted by atomic mass is 16.1. The summed E-state index contributed by atoms with van der Waals surface area (Å²) in [7, 11) is 0. The molecule has 122 valence electrons. The van der Waals surface area contributed by atoms with Crippen LogP contribution in [0.5, 0.6) is 0 Å². The zero-order valence-corrected chi connectivity index (χ0v) is 15.1. The van der Waals surface area contributed by atoms with E-state index in [-0.39, 0.29) is 10.8 Å². The van der Waals surface area contributed by atoms with Crippen molar-refractivity contribution in [3.8, 4) is 0 Å². The third-order valence-electron chi connectivity index (χ3n) is 6.59. The SMILES string of the molecule is C=C(C)[C@@H]1CC[C@]2(C)C/C=C(\C)CC/C=C(\C)C(=O)C[C@@]12C. The Bertz CT molecular complexity index is 536. The van der Waals surface area contributed by atoms with Gasteiger partial charge in [-0.25, -0.2) is 0 Å². The van der Waals surface area contributed by atoms with Crippen molar-refractivity contribution in [2.24, 2.45) is 16.7 Å². The first-order chi connectivity index (χ1) is 10.2. The van der Waals surface area contributed by atoms with Crippen LogP contribution in [0, 0.1) is 16.7 Å². The molecule has 0 aromatic rings. The minimum atomic E-state index is 0.0200. The minimum Gasteiger partial charge on any atom is -0.295 e. The van der Waals surface area contributed by atoms with Crippen LogP contribution in [-0.4, -0.2) is 5.78 Å². The largest absolute Gasteiger partial charge is 0.295 e. The molecule has 2 aliphatic rings. The zero-order chi connectivity index (χ0) is 16.5. The molecule has 2 rings (SSSR count). The fourth-order valence-electron chi connectivity index (χ4n) is 4.55. The van der Waals surface area contributed by atoms with Crippen molar-refractivity contribution < 1.29 is 4.79 Å². The van der Waals surface area contributed by atoms with E-state index in [0.29, 0.717) is 18.1 Å². The van der Waals surface area contributed by atoms with E-state index in [1.807, 2.05) is 6.92 Å². The van der Waals surface area contributed by atoms with E-state index in [1.165, 1.54) is 24.0 Å². The van der Waals surface area contributed by atoms with Crippen LogP contribution in [0.3, 0.4) is 0 Å². The smallest absolute Gasteiger partial charge is 0.158 e. The van der Waals surface area contributed by atoms with Crippen LogP contribution in [0.2, 0.25) is 0 Å². The van der Waals surface area contributed by atoms with Crippen LogP contribution in [0.4, 0.5) is 0 Å². The first kappa shape index (κ1) is 17.2. The summed E-state index contributed by atoms with van der Waals surface area (Å²) < 4.78 is 0. The fraction of sp³-hybridized carbons (Fsp3) is 0.667. The summed E-state index contributed by atoms with van der Waals surface area (Å²) in [6.45, 7) is 15.3. The molecule has 1 heteroatoms. The summed E-state index contributed by atoms with van der Waals surface area (Å²) in [6, 6.07) is 0. The number of Topliss-reactive ketones (excluding diaryl/α,β-unsaturated/α-hetero) is 1. The van der Waals surface area contributed by atoms with Gasteiger partial charge in [-0.15, -0.1) is 0 Å². The molecule has 22 heavy (non-hydrogen) atoms. The summed E-state index contributed by atoms with van der Waals surface area (Å²) in [5.41, 5.74) is 3.87. The third-order valence-corrected chi connectivity index (χ3v) is 6.59. The van der Waals surface area contributed by atoms with Crippen molar-refractivity contribution in [2.45, 2.75) is 73.1 Å². The molecule has 0 amide bonds. The van der Waals surface area contributed by atoms with Gasteiger partial charge in [-0.1, -0.05) is 43.7 Å². The number of fused-ring (bicyclic) bond motifs is 1. The average Bonchev–Trinajstić information content (AvgIpc) is 2.68. The second kappa shape index (κ2) is 6.18. The molecule has 2 aliphatic carbocycles. The van der Waals surface area contributed by atoms with Gasteiger partial charge < -0.3 is 0 Å². The zero-order valence-electron chi connectivity index (χ0n) is 15.1. The Kier molecular flexibility index (Phi) is 4.84. The molecule has 0 aliphatic heterocycles.